The smallest absolute Gasteiger partial charge is 0.407 e. The molecule has 1 unspecified atom stereocenters. The molecule has 0 saturated carbocycles. The Morgan fingerprint density at radius 2 is 2.31 bits per heavy atom. The van der Waals surface area contributed by atoms with E-state index in [0.29, 0.717) is 0 Å². The normalized spacial score (nSPS) is 19.1. The number of nitro benzene ring substituents is 1. The number of hydrogen-bond donors (Lipinski definition) is 1. The van der Waals surface area contributed by atoms with Gasteiger partial charge in [-0.2, -0.15) is 0 Å². The van der Waals surface area contributed by atoms with E-state index in [4.69, 9.17) is 0 Å². The molecule has 1 aromatic carbocycles. The molecule has 1 N–H and O–H groups in total. The minimum Gasteiger partial charge on any atom is -0.447 e. The number of hydrogen-bond acceptors (Lipinski definition) is 4. The Labute approximate surface area is 89.2 Å². The van der Waals surface area contributed by atoms with E-state index in [0.717, 1.165) is 6.07 Å². The van der Waals surface area contributed by atoms with Gasteiger partial charge in [0.1, 0.15) is 12.4 Å². The second kappa shape index (κ2) is 3.76. The summed E-state index contributed by atoms with van der Waals surface area (Å²) in [5.41, 5.74) is -0.150. The molecule has 6 nitrogen and oxygen atoms in total. The van der Waals surface area contributed by atoms with Crippen LogP contribution in [-0.2, 0) is 4.74 Å². The van der Waals surface area contributed by atoms with Crippen molar-refractivity contribution >= 4 is 11.8 Å². The molecular weight excluding hydrogens is 219 g/mol. The summed E-state index contributed by atoms with van der Waals surface area (Å²) in [5, 5.41) is 12.8. The number of non-ortho nitro benzene ring substituents is 1. The van der Waals surface area contributed by atoms with Crippen LogP contribution in [0.2, 0.25) is 0 Å². The van der Waals surface area contributed by atoms with Crippen LogP contribution in [0.15, 0.2) is 18.2 Å². The predicted molar refractivity (Wildman–Crippen MR) is 50.3 cm³/mol. The minimum absolute atomic E-state index is 0.0214. The predicted octanol–water partition coefficient (Wildman–Crippen LogP) is 1.51. The molecule has 7 heteroatoms. The third kappa shape index (κ3) is 1.79. The molecule has 84 valence electrons. The number of nitrogens with one attached hydrogen (secondary N) is 1. The summed E-state index contributed by atoms with van der Waals surface area (Å²) in [6, 6.07) is 2.68. The van der Waals surface area contributed by atoms with E-state index in [2.05, 4.69) is 10.1 Å². The maximum absolute atomic E-state index is 13.5. The Balaban J connectivity index is 2.29. The van der Waals surface area contributed by atoms with Crippen molar-refractivity contribution in [2.75, 3.05) is 6.61 Å². The third-order valence-electron chi connectivity index (χ3n) is 2.24. The van der Waals surface area contributed by atoms with Crippen molar-refractivity contribution in [1.29, 1.82) is 0 Å². The zero-order valence-corrected chi connectivity index (χ0v) is 7.97. The standard InChI is InChI=1S/C9H7FN2O4/c10-7-3-5(12(14)15)1-2-6(7)8-4-16-9(13)11-8/h1-3,8H,4H2,(H,11,13). The number of ether oxygens (including phenoxy) is 1. The first kappa shape index (κ1) is 10.3. The fourth-order valence-electron chi connectivity index (χ4n) is 1.46. The molecule has 16 heavy (non-hydrogen) atoms. The highest BCUT2D eigenvalue weighted by Gasteiger charge is 2.27. The molecule has 1 heterocycles. The highest BCUT2D eigenvalue weighted by molar-refractivity contribution is 5.70. The quantitative estimate of drug-likeness (QED) is 0.612. The van der Waals surface area contributed by atoms with Crippen LogP contribution < -0.4 is 5.32 Å². The maximum atomic E-state index is 13.5. The molecule has 0 bridgehead atoms. The van der Waals surface area contributed by atoms with Gasteiger partial charge in [-0.15, -0.1) is 0 Å². The van der Waals surface area contributed by atoms with Crippen LogP contribution in [0.5, 0.6) is 0 Å². The molecule has 1 aliphatic rings. The SMILES string of the molecule is O=C1NC(c2ccc([N+](=O)[O-])cc2F)CO1. The number of benzene rings is 1. The summed E-state index contributed by atoms with van der Waals surface area (Å²) >= 11 is 0. The molecule has 1 amide bonds. The van der Waals surface area contributed by atoms with Crippen molar-refractivity contribution in [3.63, 3.8) is 0 Å². The Hall–Kier alpha value is -2.18. The van der Waals surface area contributed by atoms with Crippen LogP contribution in [0, 0.1) is 15.9 Å². The lowest BCUT2D eigenvalue weighted by Gasteiger charge is -2.08. The largest absolute Gasteiger partial charge is 0.447 e. The molecule has 2 rings (SSSR count). The van der Waals surface area contributed by atoms with Crippen LogP contribution in [0.4, 0.5) is 14.9 Å². The van der Waals surface area contributed by atoms with Crippen LogP contribution in [0.1, 0.15) is 11.6 Å². The van der Waals surface area contributed by atoms with Gasteiger partial charge in [-0.25, -0.2) is 9.18 Å². The zero-order valence-electron chi connectivity index (χ0n) is 7.97. The summed E-state index contributed by atoms with van der Waals surface area (Å²) in [6.45, 7) is 0.0214. The van der Waals surface area contributed by atoms with Crippen molar-refractivity contribution in [2.24, 2.45) is 0 Å². The lowest BCUT2D eigenvalue weighted by atomic mass is 10.1. The molecule has 0 aliphatic carbocycles. The van der Waals surface area contributed by atoms with Crippen LogP contribution >= 0.6 is 0 Å². The number of alkyl carbamates (subject to hydrolysis) is 1. The van der Waals surface area contributed by atoms with Crippen LogP contribution in [-0.4, -0.2) is 17.6 Å². The van der Waals surface area contributed by atoms with Gasteiger partial charge >= 0.3 is 6.09 Å². The number of cyclic esters (lactones) is 1. The van der Waals surface area contributed by atoms with E-state index in [-0.39, 0.29) is 17.9 Å². The van der Waals surface area contributed by atoms with Gasteiger partial charge in [0.15, 0.2) is 0 Å². The van der Waals surface area contributed by atoms with Crippen molar-refractivity contribution in [3.8, 4) is 0 Å². The summed E-state index contributed by atoms with van der Waals surface area (Å²) in [7, 11) is 0. The topological polar surface area (TPSA) is 81.5 Å². The number of amides is 1. The van der Waals surface area contributed by atoms with Crippen molar-refractivity contribution < 1.29 is 18.8 Å². The van der Waals surface area contributed by atoms with Gasteiger partial charge in [-0.05, 0) is 6.07 Å². The average Bonchev–Trinajstić information content (AvgIpc) is 2.64. The van der Waals surface area contributed by atoms with E-state index in [1.165, 1.54) is 12.1 Å². The highest BCUT2D eigenvalue weighted by atomic mass is 19.1. The fourth-order valence-corrected chi connectivity index (χ4v) is 1.46. The van der Waals surface area contributed by atoms with Gasteiger partial charge in [-0.3, -0.25) is 10.1 Å². The summed E-state index contributed by atoms with van der Waals surface area (Å²) in [4.78, 5) is 20.4. The van der Waals surface area contributed by atoms with Gasteiger partial charge < -0.3 is 10.1 Å². The molecule has 1 fully saturated rings. The van der Waals surface area contributed by atoms with Gasteiger partial charge in [0.25, 0.3) is 5.69 Å². The van der Waals surface area contributed by atoms with Gasteiger partial charge in [0.05, 0.1) is 17.0 Å². The Morgan fingerprint density at radius 3 is 2.81 bits per heavy atom. The van der Waals surface area contributed by atoms with E-state index >= 15 is 0 Å². The number of nitro groups is 1. The number of nitrogens with zero attached hydrogens (tertiary/aromatic N) is 1. The number of carbonyl (C=O) groups is 1. The van der Waals surface area contributed by atoms with E-state index in [1.54, 1.807) is 0 Å². The zero-order chi connectivity index (χ0) is 11.7. The summed E-state index contributed by atoms with van der Waals surface area (Å²) in [5.74, 6) is -0.731. The molecular formula is C9H7FN2O4. The molecule has 0 aromatic heterocycles. The third-order valence-corrected chi connectivity index (χ3v) is 2.24. The number of rotatable bonds is 2. The van der Waals surface area contributed by atoms with Crippen molar-refractivity contribution in [2.45, 2.75) is 6.04 Å². The Bertz CT molecular complexity index is 463. The second-order valence-electron chi connectivity index (χ2n) is 3.26. The average molecular weight is 226 g/mol. The fraction of sp³-hybridized carbons (Fsp3) is 0.222. The molecule has 1 saturated heterocycles. The summed E-state index contributed by atoms with van der Waals surface area (Å²) < 4.78 is 18.1. The molecule has 0 radical (unpaired) electrons. The number of carbonyl (C=O) groups excluding carboxylic acids is 1. The molecule has 1 aliphatic heterocycles. The first-order valence-electron chi connectivity index (χ1n) is 4.45. The Kier molecular flexibility index (Phi) is 2.43. The Morgan fingerprint density at radius 1 is 1.56 bits per heavy atom. The first-order chi connectivity index (χ1) is 7.58. The van der Waals surface area contributed by atoms with Crippen LogP contribution in [0.25, 0.3) is 0 Å². The molecule has 1 aromatic rings. The maximum Gasteiger partial charge on any atom is 0.407 e. The molecule has 1 atom stereocenters. The second-order valence-corrected chi connectivity index (χ2v) is 3.26. The van der Waals surface area contributed by atoms with E-state index in [9.17, 15) is 19.3 Å². The van der Waals surface area contributed by atoms with Gasteiger partial charge in [-0.1, -0.05) is 0 Å². The molecule has 0 spiro atoms. The van der Waals surface area contributed by atoms with Gasteiger partial charge in [0, 0.05) is 11.6 Å². The number of halogens is 1. The van der Waals surface area contributed by atoms with E-state index in [1.807, 2.05) is 0 Å². The lowest BCUT2D eigenvalue weighted by Crippen LogP contribution is -2.19. The van der Waals surface area contributed by atoms with Gasteiger partial charge in [0.2, 0.25) is 0 Å². The highest BCUT2D eigenvalue weighted by Crippen LogP contribution is 2.24. The minimum atomic E-state index is -0.731. The van der Waals surface area contributed by atoms with Crippen molar-refractivity contribution in [1.82, 2.24) is 5.32 Å². The van der Waals surface area contributed by atoms with E-state index < -0.39 is 22.9 Å². The monoisotopic (exact) mass is 226 g/mol. The summed E-state index contributed by atoms with van der Waals surface area (Å²) in [6.07, 6.45) is -0.622. The van der Waals surface area contributed by atoms with Crippen LogP contribution in [0.3, 0.4) is 0 Å². The first-order valence-corrected chi connectivity index (χ1v) is 4.45. The lowest BCUT2D eigenvalue weighted by molar-refractivity contribution is -0.385. The van der Waals surface area contributed by atoms with Crippen molar-refractivity contribution in [3.05, 3.63) is 39.7 Å².